The second-order valence-corrected chi connectivity index (χ2v) is 3.39. The maximum absolute atomic E-state index is 12.4. The van der Waals surface area contributed by atoms with Crippen molar-refractivity contribution in [1.29, 1.82) is 0 Å². The summed E-state index contributed by atoms with van der Waals surface area (Å²) in [5.74, 6) is -1.33. The van der Waals surface area contributed by atoms with Crippen molar-refractivity contribution >= 4 is 0 Å². The third kappa shape index (κ3) is 1.52. The van der Waals surface area contributed by atoms with Crippen LogP contribution in [0.5, 0.6) is 0 Å². The highest BCUT2D eigenvalue weighted by molar-refractivity contribution is 5.22. The Labute approximate surface area is 73.7 Å². The molecule has 2 nitrogen and oxygen atoms in total. The van der Waals surface area contributed by atoms with Crippen LogP contribution in [0.15, 0.2) is 11.3 Å². The summed E-state index contributed by atoms with van der Waals surface area (Å²) in [5.41, 5.74) is 3.42. The quantitative estimate of drug-likeness (QED) is 0.636. The minimum absolute atomic E-state index is 0.179. The summed E-state index contributed by atoms with van der Waals surface area (Å²) in [6, 6.07) is 0. The maximum atomic E-state index is 12.4. The van der Waals surface area contributed by atoms with Gasteiger partial charge >= 0.3 is 6.18 Å². The van der Waals surface area contributed by atoms with Gasteiger partial charge in [0.15, 0.2) is 0 Å². The second kappa shape index (κ2) is 2.90. The van der Waals surface area contributed by atoms with Crippen molar-refractivity contribution in [3.8, 4) is 0 Å². The first-order valence-corrected chi connectivity index (χ1v) is 4.25. The van der Waals surface area contributed by atoms with Gasteiger partial charge in [0.05, 0.1) is 18.2 Å². The van der Waals surface area contributed by atoms with Crippen LogP contribution in [-0.4, -0.2) is 12.8 Å². The van der Waals surface area contributed by atoms with E-state index in [0.717, 1.165) is 12.0 Å². The Balaban J connectivity index is 2.24. The predicted octanol–water partition coefficient (Wildman–Crippen LogP) is 2.14. The Morgan fingerprint density at radius 2 is 2.15 bits per heavy atom. The Morgan fingerprint density at radius 1 is 1.38 bits per heavy atom. The normalized spacial score (nSPS) is 28.7. The number of alkyl halides is 3. The van der Waals surface area contributed by atoms with Gasteiger partial charge in [-0.05, 0) is 24.8 Å². The van der Waals surface area contributed by atoms with Gasteiger partial charge in [0.2, 0.25) is 0 Å². The van der Waals surface area contributed by atoms with Crippen molar-refractivity contribution in [1.82, 2.24) is 5.48 Å². The van der Waals surface area contributed by atoms with Gasteiger partial charge in [-0.3, -0.25) is 10.3 Å². The summed E-state index contributed by atoms with van der Waals surface area (Å²) in [4.78, 5) is 4.79. The van der Waals surface area contributed by atoms with Gasteiger partial charge in [-0.15, -0.1) is 0 Å². The molecule has 1 aliphatic carbocycles. The molecular weight excluding hydrogens is 183 g/mol. The smallest absolute Gasteiger partial charge is 0.272 e. The van der Waals surface area contributed by atoms with Gasteiger partial charge in [-0.2, -0.15) is 13.2 Å². The van der Waals surface area contributed by atoms with E-state index in [1.165, 1.54) is 0 Å². The average molecular weight is 193 g/mol. The van der Waals surface area contributed by atoms with Crippen LogP contribution in [0.3, 0.4) is 0 Å². The van der Waals surface area contributed by atoms with Gasteiger partial charge in [-0.25, -0.2) is 0 Å². The van der Waals surface area contributed by atoms with Crippen molar-refractivity contribution in [2.75, 3.05) is 6.61 Å². The van der Waals surface area contributed by atoms with E-state index >= 15 is 0 Å². The van der Waals surface area contributed by atoms with Gasteiger partial charge in [0.25, 0.3) is 0 Å². The predicted molar refractivity (Wildman–Crippen MR) is 39.5 cm³/mol. The lowest BCUT2D eigenvalue weighted by Crippen LogP contribution is -2.31. The highest BCUT2D eigenvalue weighted by atomic mass is 19.4. The number of halogens is 3. The minimum Gasteiger partial charge on any atom is -0.272 e. The summed E-state index contributed by atoms with van der Waals surface area (Å²) in [6.07, 6.45) is -2.62. The third-order valence-corrected chi connectivity index (χ3v) is 2.52. The third-order valence-electron chi connectivity index (χ3n) is 2.52. The van der Waals surface area contributed by atoms with E-state index in [1.54, 1.807) is 0 Å². The molecule has 5 heteroatoms. The molecule has 0 bridgehead atoms. The maximum Gasteiger partial charge on any atom is 0.397 e. The Morgan fingerprint density at radius 3 is 2.85 bits per heavy atom. The summed E-state index contributed by atoms with van der Waals surface area (Å²) < 4.78 is 37.3. The highest BCUT2D eigenvalue weighted by Crippen LogP contribution is 2.41. The molecule has 0 saturated heterocycles. The number of nitrogens with one attached hydrogen (secondary N) is 1. The molecule has 1 unspecified atom stereocenters. The van der Waals surface area contributed by atoms with E-state index in [4.69, 9.17) is 4.84 Å². The summed E-state index contributed by atoms with van der Waals surface area (Å²) in [6.45, 7) is 0.307. The molecule has 1 heterocycles. The molecule has 0 aromatic heterocycles. The highest BCUT2D eigenvalue weighted by Gasteiger charge is 2.45. The number of hydroxylamine groups is 1. The number of hydrogen-bond donors (Lipinski definition) is 1. The van der Waals surface area contributed by atoms with E-state index < -0.39 is 12.1 Å². The summed E-state index contributed by atoms with van der Waals surface area (Å²) >= 11 is 0. The van der Waals surface area contributed by atoms with E-state index in [9.17, 15) is 13.2 Å². The zero-order chi connectivity index (χ0) is 9.47. The molecular formula is C8H10F3NO. The second-order valence-electron chi connectivity index (χ2n) is 3.39. The zero-order valence-corrected chi connectivity index (χ0v) is 6.95. The molecule has 0 fully saturated rings. The number of hydrogen-bond acceptors (Lipinski definition) is 2. The van der Waals surface area contributed by atoms with E-state index in [-0.39, 0.29) is 12.1 Å². The number of allylic oxidation sites excluding steroid dienone is 1. The van der Waals surface area contributed by atoms with E-state index in [0.29, 0.717) is 13.0 Å². The van der Waals surface area contributed by atoms with E-state index in [2.05, 4.69) is 5.48 Å². The van der Waals surface area contributed by atoms with Crippen molar-refractivity contribution in [2.24, 2.45) is 5.92 Å². The Hall–Kier alpha value is -0.710. The monoisotopic (exact) mass is 193 g/mol. The first kappa shape index (κ1) is 8.87. The average Bonchev–Trinajstić information content (AvgIpc) is 2.48. The van der Waals surface area contributed by atoms with Crippen LogP contribution >= 0.6 is 0 Å². The van der Waals surface area contributed by atoms with Gasteiger partial charge in [-0.1, -0.05) is 0 Å². The van der Waals surface area contributed by atoms with Crippen LogP contribution < -0.4 is 5.48 Å². The standard InChI is InChI=1S/C8H10F3NO/c9-8(10,11)6-3-1-2-5-4-13-12-7(5)6/h6,12H,1-4H2. The molecule has 13 heavy (non-hydrogen) atoms. The Bertz CT molecular complexity index is 246. The molecule has 2 aliphatic rings. The van der Waals surface area contributed by atoms with E-state index in [1.807, 2.05) is 0 Å². The van der Waals surface area contributed by atoms with Gasteiger partial charge in [0.1, 0.15) is 0 Å². The summed E-state index contributed by atoms with van der Waals surface area (Å²) in [7, 11) is 0. The first-order chi connectivity index (χ1) is 6.09. The largest absolute Gasteiger partial charge is 0.397 e. The molecule has 0 amide bonds. The number of rotatable bonds is 0. The first-order valence-electron chi connectivity index (χ1n) is 4.25. The van der Waals surface area contributed by atoms with Crippen LogP contribution in [0.25, 0.3) is 0 Å². The molecule has 2 rings (SSSR count). The molecule has 0 aromatic carbocycles. The SMILES string of the molecule is FC(F)(F)C1CCCC2=C1NOC2. The minimum atomic E-state index is -4.14. The van der Waals surface area contributed by atoms with Crippen molar-refractivity contribution < 1.29 is 18.0 Å². The molecule has 1 N–H and O–H groups in total. The molecule has 0 radical (unpaired) electrons. The molecule has 0 aromatic rings. The van der Waals surface area contributed by atoms with Crippen LogP contribution in [0.2, 0.25) is 0 Å². The van der Waals surface area contributed by atoms with Crippen molar-refractivity contribution in [3.63, 3.8) is 0 Å². The molecule has 1 aliphatic heterocycles. The van der Waals surface area contributed by atoms with Crippen LogP contribution in [0.4, 0.5) is 13.2 Å². The van der Waals surface area contributed by atoms with Gasteiger partial charge < -0.3 is 0 Å². The molecule has 0 saturated carbocycles. The van der Waals surface area contributed by atoms with Crippen LogP contribution in [0.1, 0.15) is 19.3 Å². The van der Waals surface area contributed by atoms with Crippen LogP contribution in [0, 0.1) is 5.92 Å². The summed E-state index contributed by atoms with van der Waals surface area (Å²) in [5, 5.41) is 0. The van der Waals surface area contributed by atoms with Crippen molar-refractivity contribution in [2.45, 2.75) is 25.4 Å². The lowest BCUT2D eigenvalue weighted by molar-refractivity contribution is -0.170. The zero-order valence-electron chi connectivity index (χ0n) is 6.95. The molecule has 1 atom stereocenters. The molecule has 0 spiro atoms. The fourth-order valence-corrected chi connectivity index (χ4v) is 1.87. The van der Waals surface area contributed by atoms with Gasteiger partial charge in [0, 0.05) is 0 Å². The fourth-order valence-electron chi connectivity index (χ4n) is 1.87. The lowest BCUT2D eigenvalue weighted by atomic mass is 9.87. The van der Waals surface area contributed by atoms with Crippen LogP contribution in [-0.2, 0) is 4.84 Å². The topological polar surface area (TPSA) is 21.3 Å². The Kier molecular flexibility index (Phi) is 1.98. The van der Waals surface area contributed by atoms with Crippen molar-refractivity contribution in [3.05, 3.63) is 11.3 Å². The molecule has 74 valence electrons. The lowest BCUT2D eigenvalue weighted by Gasteiger charge is -2.25. The fraction of sp³-hybridized carbons (Fsp3) is 0.750.